The van der Waals surface area contributed by atoms with E-state index in [1.165, 1.54) is 12.8 Å². The Kier molecular flexibility index (Phi) is 3.93. The van der Waals surface area contributed by atoms with Crippen LogP contribution in [0.5, 0.6) is 0 Å². The summed E-state index contributed by atoms with van der Waals surface area (Å²) in [5.41, 5.74) is 3.83. The van der Waals surface area contributed by atoms with Crippen molar-refractivity contribution in [2.75, 3.05) is 13.1 Å². The summed E-state index contributed by atoms with van der Waals surface area (Å²) in [4.78, 5) is 22.7. The molecule has 2 aliphatic heterocycles. The molecule has 0 unspecified atom stereocenters. The van der Waals surface area contributed by atoms with E-state index in [0.29, 0.717) is 4.64 Å². The van der Waals surface area contributed by atoms with Crippen molar-refractivity contribution in [1.29, 1.82) is 0 Å². The van der Waals surface area contributed by atoms with Crippen LogP contribution in [0.4, 0.5) is 0 Å². The molecule has 0 aromatic carbocycles. The van der Waals surface area contributed by atoms with Crippen molar-refractivity contribution < 1.29 is 4.79 Å². The molecule has 0 atom stereocenters. The predicted octanol–water partition coefficient (Wildman–Crippen LogP) is 3.45. The van der Waals surface area contributed by atoms with Gasteiger partial charge in [0.2, 0.25) is 0 Å². The smallest absolute Gasteiger partial charge is 0.257 e. The van der Waals surface area contributed by atoms with Crippen LogP contribution in [0.3, 0.4) is 0 Å². The molecule has 122 valence electrons. The molecule has 5 nitrogen and oxygen atoms in total. The van der Waals surface area contributed by atoms with Crippen molar-refractivity contribution in [3.05, 3.63) is 22.2 Å². The highest BCUT2D eigenvalue weighted by Gasteiger charge is 2.28. The second-order valence-electron chi connectivity index (χ2n) is 6.57. The molecular formula is C17H22N4OS. The molecule has 2 aromatic heterocycles. The molecule has 0 spiro atoms. The number of hydrogen-bond acceptors (Lipinski definition) is 3. The minimum atomic E-state index is 0.169. The lowest BCUT2D eigenvalue weighted by molar-refractivity contribution is 0.0724. The summed E-state index contributed by atoms with van der Waals surface area (Å²) < 4.78 is 2.85. The van der Waals surface area contributed by atoms with Gasteiger partial charge in [-0.2, -0.15) is 0 Å². The Hall–Kier alpha value is -1.69. The Balaban J connectivity index is 1.91. The fraction of sp³-hybridized carbons (Fsp3) is 0.588. The number of hydrogen-bond donors (Lipinski definition) is 1. The molecule has 0 aliphatic carbocycles. The first-order chi connectivity index (χ1) is 11.3. The Morgan fingerprint density at radius 2 is 1.83 bits per heavy atom. The van der Waals surface area contributed by atoms with Crippen molar-refractivity contribution >= 4 is 29.2 Å². The molecule has 2 aromatic rings. The SMILES string of the molecule is O=C(c1c2n(c3c(=S)nc[nH]c13)CCCCC2)N1CCCCC1. The molecule has 1 fully saturated rings. The van der Waals surface area contributed by atoms with Gasteiger partial charge in [-0.1, -0.05) is 18.6 Å². The second kappa shape index (κ2) is 6.07. The number of likely N-dealkylation sites (tertiary alicyclic amines) is 1. The minimum Gasteiger partial charge on any atom is -0.344 e. The maximum Gasteiger partial charge on any atom is 0.257 e. The third kappa shape index (κ3) is 2.49. The van der Waals surface area contributed by atoms with Crippen LogP contribution in [-0.2, 0) is 13.0 Å². The molecule has 23 heavy (non-hydrogen) atoms. The summed E-state index contributed by atoms with van der Waals surface area (Å²) >= 11 is 5.46. The monoisotopic (exact) mass is 330 g/mol. The van der Waals surface area contributed by atoms with E-state index in [9.17, 15) is 4.79 Å². The lowest BCUT2D eigenvalue weighted by Gasteiger charge is -2.27. The molecule has 0 bridgehead atoms. The van der Waals surface area contributed by atoms with Crippen LogP contribution in [0.25, 0.3) is 11.0 Å². The third-order valence-corrected chi connectivity index (χ3v) is 5.42. The largest absolute Gasteiger partial charge is 0.344 e. The first-order valence-corrected chi connectivity index (χ1v) is 9.06. The number of carbonyl (C=O) groups excluding carboxylic acids is 1. The van der Waals surface area contributed by atoms with Gasteiger partial charge < -0.3 is 14.5 Å². The summed E-state index contributed by atoms with van der Waals surface area (Å²) in [5.74, 6) is 0.169. The molecule has 4 heterocycles. The van der Waals surface area contributed by atoms with Crippen molar-refractivity contribution in [1.82, 2.24) is 19.4 Å². The van der Waals surface area contributed by atoms with Gasteiger partial charge >= 0.3 is 0 Å². The van der Waals surface area contributed by atoms with Gasteiger partial charge in [-0.25, -0.2) is 4.98 Å². The number of aromatic amines is 1. The maximum absolute atomic E-state index is 13.2. The van der Waals surface area contributed by atoms with E-state index >= 15 is 0 Å². The van der Waals surface area contributed by atoms with Crippen molar-refractivity contribution in [2.45, 2.75) is 51.5 Å². The average molecular weight is 330 g/mol. The molecule has 0 radical (unpaired) electrons. The number of rotatable bonds is 1. The van der Waals surface area contributed by atoms with Crippen LogP contribution in [0.15, 0.2) is 6.33 Å². The van der Waals surface area contributed by atoms with E-state index < -0.39 is 0 Å². The summed E-state index contributed by atoms with van der Waals surface area (Å²) in [6, 6.07) is 0. The van der Waals surface area contributed by atoms with Crippen LogP contribution in [0.1, 0.15) is 54.6 Å². The summed E-state index contributed by atoms with van der Waals surface area (Å²) in [7, 11) is 0. The van der Waals surface area contributed by atoms with Crippen molar-refractivity contribution in [3.63, 3.8) is 0 Å². The van der Waals surface area contributed by atoms with Crippen LogP contribution >= 0.6 is 12.2 Å². The molecular weight excluding hydrogens is 308 g/mol. The van der Waals surface area contributed by atoms with E-state index in [2.05, 4.69) is 14.5 Å². The first-order valence-electron chi connectivity index (χ1n) is 8.65. The van der Waals surface area contributed by atoms with Crippen LogP contribution in [0.2, 0.25) is 0 Å². The van der Waals surface area contributed by atoms with Crippen LogP contribution in [-0.4, -0.2) is 38.4 Å². The zero-order valence-electron chi connectivity index (χ0n) is 13.3. The molecule has 4 rings (SSSR count). The predicted molar refractivity (Wildman–Crippen MR) is 92.2 cm³/mol. The number of amides is 1. The summed E-state index contributed by atoms with van der Waals surface area (Å²) in [6.07, 6.45) is 9.49. The highest BCUT2D eigenvalue weighted by Crippen LogP contribution is 2.30. The number of aryl methyl sites for hydroxylation is 1. The fourth-order valence-corrected chi connectivity index (χ4v) is 4.24. The fourth-order valence-electron chi connectivity index (χ4n) is 3.98. The number of nitrogens with one attached hydrogen (secondary N) is 1. The van der Waals surface area contributed by atoms with E-state index in [0.717, 1.165) is 74.0 Å². The zero-order chi connectivity index (χ0) is 15.8. The van der Waals surface area contributed by atoms with Gasteiger partial charge in [0.25, 0.3) is 5.91 Å². The van der Waals surface area contributed by atoms with Gasteiger partial charge in [-0.15, -0.1) is 0 Å². The van der Waals surface area contributed by atoms with Gasteiger partial charge in [0, 0.05) is 25.3 Å². The van der Waals surface area contributed by atoms with E-state index in [-0.39, 0.29) is 5.91 Å². The van der Waals surface area contributed by atoms with Gasteiger partial charge in [0.05, 0.1) is 17.4 Å². The quantitative estimate of drug-likeness (QED) is 0.815. The van der Waals surface area contributed by atoms with Crippen LogP contribution in [0, 0.1) is 4.64 Å². The second-order valence-corrected chi connectivity index (χ2v) is 6.95. The number of aromatic nitrogens is 3. The Morgan fingerprint density at radius 3 is 2.65 bits per heavy atom. The molecule has 1 N–H and O–H groups in total. The highest BCUT2D eigenvalue weighted by molar-refractivity contribution is 7.71. The lowest BCUT2D eigenvalue weighted by Crippen LogP contribution is -2.36. The molecule has 1 amide bonds. The lowest BCUT2D eigenvalue weighted by atomic mass is 10.1. The van der Waals surface area contributed by atoms with Gasteiger partial charge in [-0.3, -0.25) is 4.79 Å². The first kappa shape index (κ1) is 14.9. The highest BCUT2D eigenvalue weighted by atomic mass is 32.1. The molecule has 1 saturated heterocycles. The Labute approximate surface area is 140 Å². The number of H-pyrrole nitrogens is 1. The molecule has 2 aliphatic rings. The average Bonchev–Trinajstić information content (AvgIpc) is 2.73. The standard InChI is InChI=1S/C17H22N4OS/c22-17(20-8-4-2-5-9-20)13-12-7-3-1-6-10-21(12)15-14(13)18-11-19-16(15)23/h11H,1-10H2,(H,18,19,23). The maximum atomic E-state index is 13.2. The normalized spacial score (nSPS) is 18.7. The van der Waals surface area contributed by atoms with Crippen molar-refractivity contribution in [2.24, 2.45) is 0 Å². The van der Waals surface area contributed by atoms with Crippen LogP contribution < -0.4 is 0 Å². The zero-order valence-corrected chi connectivity index (χ0v) is 14.1. The number of piperidine rings is 1. The van der Waals surface area contributed by atoms with Crippen molar-refractivity contribution in [3.8, 4) is 0 Å². The molecule has 6 heteroatoms. The number of carbonyl (C=O) groups is 1. The number of nitrogens with zero attached hydrogens (tertiary/aromatic N) is 3. The van der Waals surface area contributed by atoms with E-state index in [1.54, 1.807) is 6.33 Å². The Morgan fingerprint density at radius 1 is 1.09 bits per heavy atom. The topological polar surface area (TPSA) is 53.9 Å². The minimum absolute atomic E-state index is 0.169. The summed E-state index contributed by atoms with van der Waals surface area (Å²) in [5, 5.41) is 0. The third-order valence-electron chi connectivity index (χ3n) is 5.12. The van der Waals surface area contributed by atoms with Gasteiger partial charge in [0.15, 0.2) is 4.64 Å². The number of fused-ring (bicyclic) bond motifs is 3. The molecule has 0 saturated carbocycles. The van der Waals surface area contributed by atoms with Gasteiger partial charge in [0.1, 0.15) is 5.52 Å². The van der Waals surface area contributed by atoms with Gasteiger partial charge in [-0.05, 0) is 38.5 Å². The van der Waals surface area contributed by atoms with E-state index in [1.807, 2.05) is 4.90 Å². The Bertz CT molecular complexity index is 801. The van der Waals surface area contributed by atoms with E-state index in [4.69, 9.17) is 12.2 Å². The summed E-state index contributed by atoms with van der Waals surface area (Å²) in [6.45, 7) is 2.68.